The molecule has 0 fully saturated rings. The highest BCUT2D eigenvalue weighted by Crippen LogP contribution is 2.00. The lowest BCUT2D eigenvalue weighted by molar-refractivity contribution is -0.143. The zero-order chi connectivity index (χ0) is 14.7. The molecule has 0 spiro atoms. The Morgan fingerprint density at radius 3 is 2.16 bits per heavy atom. The molecule has 0 aromatic heterocycles. The molecule has 0 aromatic rings. The Kier molecular flexibility index (Phi) is 10.2. The van der Waals surface area contributed by atoms with Gasteiger partial charge in [-0.1, -0.05) is 0 Å². The fraction of sp³-hybridized carbons (Fsp3) is 0.857. The zero-order valence-corrected chi connectivity index (χ0v) is 12.8. The minimum atomic E-state index is -0.159. The number of rotatable bonds is 10. The van der Waals surface area contributed by atoms with Crippen molar-refractivity contribution in [3.8, 4) is 0 Å². The van der Waals surface area contributed by atoms with Crippen LogP contribution in [0.25, 0.3) is 0 Å². The highest BCUT2D eigenvalue weighted by molar-refractivity contribution is 5.76. The van der Waals surface area contributed by atoms with E-state index in [0.29, 0.717) is 26.0 Å². The summed E-state index contributed by atoms with van der Waals surface area (Å²) in [6, 6.07) is 0. The highest BCUT2D eigenvalue weighted by Gasteiger charge is 2.10. The van der Waals surface area contributed by atoms with Crippen molar-refractivity contribution in [2.75, 3.05) is 39.8 Å². The van der Waals surface area contributed by atoms with Gasteiger partial charge in [0.05, 0.1) is 13.0 Å². The SMILES string of the molecule is CCOC(=O)CCN(C)CCCC(=O)N(CC)CC. The summed E-state index contributed by atoms with van der Waals surface area (Å²) in [7, 11) is 1.96. The minimum absolute atomic E-state index is 0.159. The summed E-state index contributed by atoms with van der Waals surface area (Å²) in [4.78, 5) is 26.9. The first-order valence-electron chi connectivity index (χ1n) is 7.17. The fourth-order valence-corrected chi connectivity index (χ4v) is 1.86. The summed E-state index contributed by atoms with van der Waals surface area (Å²) < 4.78 is 4.87. The molecule has 0 saturated carbocycles. The van der Waals surface area contributed by atoms with Crippen LogP contribution in [0.5, 0.6) is 0 Å². The molecule has 0 radical (unpaired) electrons. The van der Waals surface area contributed by atoms with Crippen molar-refractivity contribution in [2.45, 2.75) is 40.0 Å². The van der Waals surface area contributed by atoms with Crippen molar-refractivity contribution in [2.24, 2.45) is 0 Å². The van der Waals surface area contributed by atoms with Crippen molar-refractivity contribution >= 4 is 11.9 Å². The van der Waals surface area contributed by atoms with Crippen LogP contribution in [0, 0.1) is 0 Å². The first-order chi connectivity index (χ1) is 9.04. The van der Waals surface area contributed by atoms with Crippen LogP contribution in [0.15, 0.2) is 0 Å². The molecule has 0 heterocycles. The fourth-order valence-electron chi connectivity index (χ4n) is 1.86. The van der Waals surface area contributed by atoms with Gasteiger partial charge in [0, 0.05) is 26.1 Å². The van der Waals surface area contributed by atoms with Gasteiger partial charge in [0.15, 0.2) is 0 Å². The molecule has 5 nitrogen and oxygen atoms in total. The monoisotopic (exact) mass is 272 g/mol. The Morgan fingerprint density at radius 2 is 1.63 bits per heavy atom. The van der Waals surface area contributed by atoms with Gasteiger partial charge in [-0.25, -0.2) is 0 Å². The van der Waals surface area contributed by atoms with E-state index in [4.69, 9.17) is 4.74 Å². The third-order valence-corrected chi connectivity index (χ3v) is 3.05. The van der Waals surface area contributed by atoms with E-state index in [9.17, 15) is 9.59 Å². The van der Waals surface area contributed by atoms with Gasteiger partial charge in [-0.3, -0.25) is 9.59 Å². The standard InChI is InChI=1S/C14H28N2O3/c1-5-16(6-2)13(17)9-8-11-15(4)12-10-14(18)19-7-3/h5-12H2,1-4H3. The molecule has 1 amide bonds. The normalized spacial score (nSPS) is 10.6. The van der Waals surface area contributed by atoms with Crippen molar-refractivity contribution in [3.63, 3.8) is 0 Å². The molecular weight excluding hydrogens is 244 g/mol. The Labute approximate surface area is 116 Å². The van der Waals surface area contributed by atoms with Crippen LogP contribution in [-0.4, -0.2) is 61.5 Å². The van der Waals surface area contributed by atoms with Crippen molar-refractivity contribution in [1.82, 2.24) is 9.80 Å². The van der Waals surface area contributed by atoms with Crippen LogP contribution in [-0.2, 0) is 14.3 Å². The number of carbonyl (C=O) groups is 2. The largest absolute Gasteiger partial charge is 0.466 e. The number of nitrogens with zero attached hydrogens (tertiary/aromatic N) is 2. The first-order valence-corrected chi connectivity index (χ1v) is 7.17. The average molecular weight is 272 g/mol. The van der Waals surface area contributed by atoms with E-state index >= 15 is 0 Å². The number of hydrogen-bond acceptors (Lipinski definition) is 4. The molecule has 0 N–H and O–H groups in total. The van der Waals surface area contributed by atoms with E-state index < -0.39 is 0 Å². The molecule has 0 bridgehead atoms. The Morgan fingerprint density at radius 1 is 1.00 bits per heavy atom. The molecule has 0 aromatic carbocycles. The smallest absolute Gasteiger partial charge is 0.307 e. The Bertz CT molecular complexity index is 265. The maximum Gasteiger partial charge on any atom is 0.307 e. The van der Waals surface area contributed by atoms with Crippen LogP contribution in [0.3, 0.4) is 0 Å². The summed E-state index contributed by atoms with van der Waals surface area (Å²) in [5.41, 5.74) is 0. The van der Waals surface area contributed by atoms with Gasteiger partial charge in [-0.05, 0) is 40.8 Å². The summed E-state index contributed by atoms with van der Waals surface area (Å²) in [5.74, 6) is 0.0531. The van der Waals surface area contributed by atoms with E-state index in [1.807, 2.05) is 25.8 Å². The van der Waals surface area contributed by atoms with Gasteiger partial charge < -0.3 is 14.5 Å². The van der Waals surface area contributed by atoms with E-state index in [1.54, 1.807) is 6.92 Å². The highest BCUT2D eigenvalue weighted by atomic mass is 16.5. The van der Waals surface area contributed by atoms with E-state index in [1.165, 1.54) is 0 Å². The molecule has 0 unspecified atom stereocenters. The van der Waals surface area contributed by atoms with Crippen molar-refractivity contribution in [1.29, 1.82) is 0 Å². The van der Waals surface area contributed by atoms with E-state index in [-0.39, 0.29) is 11.9 Å². The number of amides is 1. The molecule has 0 saturated heterocycles. The number of hydrogen-bond donors (Lipinski definition) is 0. The van der Waals surface area contributed by atoms with E-state index in [0.717, 1.165) is 26.1 Å². The molecule has 5 heteroatoms. The lowest BCUT2D eigenvalue weighted by Gasteiger charge is -2.20. The molecule has 0 rings (SSSR count). The topological polar surface area (TPSA) is 49.9 Å². The molecular formula is C14H28N2O3. The lowest BCUT2D eigenvalue weighted by Crippen LogP contribution is -2.31. The summed E-state index contributed by atoms with van der Waals surface area (Å²) in [6.07, 6.45) is 1.81. The predicted molar refractivity (Wildman–Crippen MR) is 75.9 cm³/mol. The van der Waals surface area contributed by atoms with Crippen LogP contribution < -0.4 is 0 Å². The average Bonchev–Trinajstić information content (AvgIpc) is 2.38. The van der Waals surface area contributed by atoms with Gasteiger partial charge >= 0.3 is 5.97 Å². The van der Waals surface area contributed by atoms with Crippen molar-refractivity contribution < 1.29 is 14.3 Å². The second-order valence-corrected chi connectivity index (χ2v) is 4.53. The van der Waals surface area contributed by atoms with Crippen LogP contribution in [0.1, 0.15) is 40.0 Å². The maximum atomic E-state index is 11.8. The summed E-state index contributed by atoms with van der Waals surface area (Å²) in [5, 5.41) is 0. The predicted octanol–water partition coefficient (Wildman–Crippen LogP) is 1.52. The third kappa shape index (κ3) is 8.59. The lowest BCUT2D eigenvalue weighted by atomic mass is 10.2. The van der Waals surface area contributed by atoms with Gasteiger partial charge in [0.1, 0.15) is 0 Å². The molecule has 112 valence electrons. The third-order valence-electron chi connectivity index (χ3n) is 3.05. The molecule has 0 aliphatic rings. The summed E-state index contributed by atoms with van der Waals surface area (Å²) >= 11 is 0. The van der Waals surface area contributed by atoms with Gasteiger partial charge in [0.2, 0.25) is 5.91 Å². The minimum Gasteiger partial charge on any atom is -0.466 e. The van der Waals surface area contributed by atoms with Gasteiger partial charge in [-0.2, -0.15) is 0 Å². The second-order valence-electron chi connectivity index (χ2n) is 4.53. The van der Waals surface area contributed by atoms with E-state index in [2.05, 4.69) is 4.90 Å². The molecule has 0 aliphatic heterocycles. The number of ether oxygens (including phenoxy) is 1. The Hall–Kier alpha value is -1.10. The Balaban J connectivity index is 3.71. The molecule has 19 heavy (non-hydrogen) atoms. The molecule has 0 aliphatic carbocycles. The second kappa shape index (κ2) is 10.8. The summed E-state index contributed by atoms with van der Waals surface area (Å²) in [6.45, 7) is 9.27. The van der Waals surface area contributed by atoms with Gasteiger partial charge in [0.25, 0.3) is 0 Å². The molecule has 0 atom stereocenters. The van der Waals surface area contributed by atoms with Crippen LogP contribution in [0.2, 0.25) is 0 Å². The van der Waals surface area contributed by atoms with Crippen LogP contribution in [0.4, 0.5) is 0 Å². The maximum absolute atomic E-state index is 11.8. The van der Waals surface area contributed by atoms with Gasteiger partial charge in [-0.15, -0.1) is 0 Å². The van der Waals surface area contributed by atoms with Crippen molar-refractivity contribution in [3.05, 3.63) is 0 Å². The van der Waals surface area contributed by atoms with Crippen LogP contribution >= 0.6 is 0 Å². The number of carbonyl (C=O) groups excluding carboxylic acids is 2. The number of esters is 1. The zero-order valence-electron chi connectivity index (χ0n) is 12.8. The first kappa shape index (κ1) is 17.9. The quantitative estimate of drug-likeness (QED) is 0.566.